The van der Waals surface area contributed by atoms with Gasteiger partial charge < -0.3 is 9.47 Å². The summed E-state index contributed by atoms with van der Waals surface area (Å²) < 4.78 is 11.0. The maximum atomic E-state index is 5.93. The molecule has 0 saturated carbocycles. The van der Waals surface area contributed by atoms with Gasteiger partial charge in [0.25, 0.3) is 0 Å². The highest BCUT2D eigenvalue weighted by molar-refractivity contribution is 6.18. The fraction of sp³-hybridized carbons (Fsp3) is 0.500. The lowest BCUT2D eigenvalue weighted by atomic mass is 9.96. The molecule has 0 N–H and O–H groups in total. The molecular formula is C12H15ClO2. The summed E-state index contributed by atoms with van der Waals surface area (Å²) in [6, 6.07) is 7.98. The quantitative estimate of drug-likeness (QED) is 0.738. The van der Waals surface area contributed by atoms with Crippen LogP contribution in [0, 0.1) is 5.92 Å². The van der Waals surface area contributed by atoms with Crippen molar-refractivity contribution in [1.29, 1.82) is 0 Å². The zero-order valence-electron chi connectivity index (χ0n) is 8.78. The van der Waals surface area contributed by atoms with Gasteiger partial charge >= 0.3 is 0 Å². The summed E-state index contributed by atoms with van der Waals surface area (Å²) in [5.41, 5.74) is 1.11. The first-order valence-corrected chi connectivity index (χ1v) is 5.70. The second-order valence-corrected chi connectivity index (χ2v) is 4.05. The number of para-hydroxylation sites is 1. The molecule has 0 bridgehead atoms. The van der Waals surface area contributed by atoms with Gasteiger partial charge in [-0.2, -0.15) is 0 Å². The van der Waals surface area contributed by atoms with Gasteiger partial charge in [0.2, 0.25) is 0 Å². The van der Waals surface area contributed by atoms with E-state index in [0.717, 1.165) is 24.3 Å². The van der Waals surface area contributed by atoms with Crippen molar-refractivity contribution in [2.45, 2.75) is 12.5 Å². The Morgan fingerprint density at radius 3 is 3.00 bits per heavy atom. The Morgan fingerprint density at radius 1 is 1.47 bits per heavy atom. The Kier molecular flexibility index (Phi) is 3.49. The Morgan fingerprint density at radius 2 is 2.27 bits per heavy atom. The van der Waals surface area contributed by atoms with E-state index >= 15 is 0 Å². The molecule has 0 amide bonds. The molecule has 0 spiro atoms. The third-order valence-corrected chi connectivity index (χ3v) is 3.25. The first-order chi connectivity index (χ1) is 7.36. The van der Waals surface area contributed by atoms with Crippen molar-refractivity contribution in [3.8, 4) is 5.75 Å². The number of halogens is 1. The summed E-state index contributed by atoms with van der Waals surface area (Å²) in [6.45, 7) is 0.792. The molecule has 0 aliphatic carbocycles. The number of rotatable bonds is 3. The molecule has 15 heavy (non-hydrogen) atoms. The summed E-state index contributed by atoms with van der Waals surface area (Å²) >= 11 is 5.93. The highest BCUT2D eigenvalue weighted by atomic mass is 35.5. The molecule has 1 heterocycles. The van der Waals surface area contributed by atoms with E-state index in [9.17, 15) is 0 Å². The van der Waals surface area contributed by atoms with Crippen molar-refractivity contribution >= 4 is 11.6 Å². The van der Waals surface area contributed by atoms with E-state index in [0.29, 0.717) is 11.8 Å². The van der Waals surface area contributed by atoms with Crippen LogP contribution in [0.25, 0.3) is 0 Å². The van der Waals surface area contributed by atoms with Crippen LogP contribution in [0.4, 0.5) is 0 Å². The predicted octanol–water partition coefficient (Wildman–Crippen LogP) is 3.01. The van der Waals surface area contributed by atoms with Crippen LogP contribution in [-0.4, -0.2) is 19.6 Å². The standard InChI is InChI=1S/C12H15ClO2/c1-14-11-5-3-2-4-10(11)12-9(8-13)6-7-15-12/h2-5,9,12H,6-8H2,1H3. The Labute approximate surface area is 95.1 Å². The van der Waals surface area contributed by atoms with Gasteiger partial charge in [-0.15, -0.1) is 11.6 Å². The highest BCUT2D eigenvalue weighted by Gasteiger charge is 2.30. The minimum absolute atomic E-state index is 0.0960. The molecule has 1 aliphatic rings. The van der Waals surface area contributed by atoms with Crippen molar-refractivity contribution in [3.63, 3.8) is 0 Å². The van der Waals surface area contributed by atoms with Crippen molar-refractivity contribution in [1.82, 2.24) is 0 Å². The average molecular weight is 227 g/mol. The summed E-state index contributed by atoms with van der Waals surface area (Å²) in [5.74, 6) is 1.94. The number of alkyl halides is 1. The molecule has 2 unspecified atom stereocenters. The van der Waals surface area contributed by atoms with Gasteiger partial charge in [0.05, 0.1) is 13.2 Å². The lowest BCUT2D eigenvalue weighted by Crippen LogP contribution is -2.10. The first kappa shape index (κ1) is 10.8. The van der Waals surface area contributed by atoms with E-state index in [-0.39, 0.29) is 6.10 Å². The molecule has 2 rings (SSSR count). The molecular weight excluding hydrogens is 212 g/mol. The van der Waals surface area contributed by atoms with E-state index in [1.165, 1.54) is 0 Å². The van der Waals surface area contributed by atoms with Crippen molar-refractivity contribution in [3.05, 3.63) is 29.8 Å². The Bertz CT molecular complexity index is 327. The minimum Gasteiger partial charge on any atom is -0.496 e. The minimum atomic E-state index is 0.0960. The molecule has 1 aliphatic heterocycles. The van der Waals surface area contributed by atoms with Gasteiger partial charge in [-0.25, -0.2) is 0 Å². The number of methoxy groups -OCH3 is 1. The highest BCUT2D eigenvalue weighted by Crippen LogP contribution is 2.39. The van der Waals surface area contributed by atoms with Crippen LogP contribution >= 0.6 is 11.6 Å². The molecule has 1 fully saturated rings. The van der Waals surface area contributed by atoms with Crippen LogP contribution < -0.4 is 4.74 Å². The zero-order valence-corrected chi connectivity index (χ0v) is 9.54. The lowest BCUT2D eigenvalue weighted by molar-refractivity contribution is 0.0928. The monoisotopic (exact) mass is 226 g/mol. The zero-order chi connectivity index (χ0) is 10.7. The molecule has 0 radical (unpaired) electrons. The van der Waals surface area contributed by atoms with Crippen molar-refractivity contribution in [2.75, 3.05) is 19.6 Å². The third-order valence-electron chi connectivity index (χ3n) is 2.86. The van der Waals surface area contributed by atoms with Gasteiger partial charge in [0, 0.05) is 24.0 Å². The second kappa shape index (κ2) is 4.86. The molecule has 2 atom stereocenters. The van der Waals surface area contributed by atoms with Crippen LogP contribution in [-0.2, 0) is 4.74 Å². The summed E-state index contributed by atoms with van der Waals surface area (Å²) in [4.78, 5) is 0. The van der Waals surface area contributed by atoms with E-state index in [1.54, 1.807) is 7.11 Å². The Balaban J connectivity index is 2.27. The number of hydrogen-bond donors (Lipinski definition) is 0. The largest absolute Gasteiger partial charge is 0.496 e. The topological polar surface area (TPSA) is 18.5 Å². The fourth-order valence-electron chi connectivity index (χ4n) is 2.04. The van der Waals surface area contributed by atoms with Crippen molar-refractivity contribution < 1.29 is 9.47 Å². The average Bonchev–Trinajstić information content (AvgIpc) is 2.76. The summed E-state index contributed by atoms with van der Waals surface area (Å²) in [5, 5.41) is 0. The van der Waals surface area contributed by atoms with E-state index in [2.05, 4.69) is 0 Å². The van der Waals surface area contributed by atoms with E-state index in [1.807, 2.05) is 24.3 Å². The molecule has 3 heteroatoms. The molecule has 1 saturated heterocycles. The Hall–Kier alpha value is -0.730. The second-order valence-electron chi connectivity index (χ2n) is 3.74. The van der Waals surface area contributed by atoms with Gasteiger partial charge in [-0.3, -0.25) is 0 Å². The molecule has 1 aromatic carbocycles. The number of hydrogen-bond acceptors (Lipinski definition) is 2. The number of ether oxygens (including phenoxy) is 2. The molecule has 2 nitrogen and oxygen atoms in total. The predicted molar refractivity (Wildman–Crippen MR) is 60.5 cm³/mol. The van der Waals surface area contributed by atoms with Crippen LogP contribution in [0.15, 0.2) is 24.3 Å². The molecule has 0 aromatic heterocycles. The van der Waals surface area contributed by atoms with Gasteiger partial charge in [0.15, 0.2) is 0 Å². The summed E-state index contributed by atoms with van der Waals surface area (Å²) in [6.07, 6.45) is 1.13. The maximum absolute atomic E-state index is 5.93. The van der Waals surface area contributed by atoms with Crippen LogP contribution in [0.5, 0.6) is 5.75 Å². The smallest absolute Gasteiger partial charge is 0.124 e. The van der Waals surface area contributed by atoms with Gasteiger partial charge in [-0.1, -0.05) is 18.2 Å². The van der Waals surface area contributed by atoms with Crippen LogP contribution in [0.3, 0.4) is 0 Å². The lowest BCUT2D eigenvalue weighted by Gasteiger charge is -2.18. The van der Waals surface area contributed by atoms with Crippen LogP contribution in [0.1, 0.15) is 18.1 Å². The van der Waals surface area contributed by atoms with Crippen LogP contribution in [0.2, 0.25) is 0 Å². The summed E-state index contributed by atoms with van der Waals surface area (Å²) in [7, 11) is 1.68. The van der Waals surface area contributed by atoms with E-state index in [4.69, 9.17) is 21.1 Å². The third kappa shape index (κ3) is 2.11. The number of benzene rings is 1. The van der Waals surface area contributed by atoms with E-state index < -0.39 is 0 Å². The normalized spacial score (nSPS) is 25.5. The molecule has 82 valence electrons. The van der Waals surface area contributed by atoms with Gasteiger partial charge in [0.1, 0.15) is 5.75 Å². The fourth-order valence-corrected chi connectivity index (χ4v) is 2.35. The maximum Gasteiger partial charge on any atom is 0.124 e. The SMILES string of the molecule is COc1ccccc1C1OCCC1CCl. The van der Waals surface area contributed by atoms with Crippen molar-refractivity contribution in [2.24, 2.45) is 5.92 Å². The molecule has 1 aromatic rings. The first-order valence-electron chi connectivity index (χ1n) is 5.17. The van der Waals surface area contributed by atoms with Gasteiger partial charge in [-0.05, 0) is 12.5 Å².